The summed E-state index contributed by atoms with van der Waals surface area (Å²) >= 11 is 2.82. The van der Waals surface area contributed by atoms with Crippen LogP contribution in [0.1, 0.15) is 21.6 Å². The van der Waals surface area contributed by atoms with Crippen LogP contribution in [0.15, 0.2) is 58.8 Å². The molecule has 3 aromatic rings. The van der Waals surface area contributed by atoms with Gasteiger partial charge in [0.25, 0.3) is 5.91 Å². The van der Waals surface area contributed by atoms with Gasteiger partial charge in [0.15, 0.2) is 5.13 Å². The Bertz CT molecular complexity index is 969. The lowest BCUT2D eigenvalue weighted by Crippen LogP contribution is -2.14. The van der Waals surface area contributed by atoms with Crippen LogP contribution in [0.2, 0.25) is 0 Å². The second kappa shape index (κ2) is 8.83. The Morgan fingerprint density at radius 2 is 1.89 bits per heavy atom. The first kappa shape index (κ1) is 19.1. The standard InChI is InChI=1S/C20H19N3O2S2/c1-13-6-3-4-9-17(13)19(25)22-15-7-5-8-16(10-15)26-12-18(24)23-20-21-14(2)11-27-20/h3-11H,12H2,1-2H3,(H,22,25)(H,21,23,24). The van der Waals surface area contributed by atoms with Crippen molar-refractivity contribution in [2.45, 2.75) is 18.7 Å². The Morgan fingerprint density at radius 3 is 2.63 bits per heavy atom. The minimum atomic E-state index is -0.146. The molecule has 0 fully saturated rings. The van der Waals surface area contributed by atoms with Gasteiger partial charge in [0.1, 0.15) is 0 Å². The van der Waals surface area contributed by atoms with E-state index >= 15 is 0 Å². The molecule has 1 aromatic heterocycles. The fourth-order valence-corrected chi connectivity index (χ4v) is 3.86. The minimum absolute atomic E-state index is 0.108. The van der Waals surface area contributed by atoms with Crippen molar-refractivity contribution < 1.29 is 9.59 Å². The molecular weight excluding hydrogens is 378 g/mol. The molecule has 27 heavy (non-hydrogen) atoms. The number of nitrogens with one attached hydrogen (secondary N) is 2. The van der Waals surface area contributed by atoms with E-state index in [4.69, 9.17) is 0 Å². The summed E-state index contributed by atoms with van der Waals surface area (Å²) in [4.78, 5) is 29.6. The maximum atomic E-state index is 12.4. The average molecular weight is 398 g/mol. The van der Waals surface area contributed by atoms with Gasteiger partial charge in [-0.1, -0.05) is 24.3 Å². The molecule has 138 valence electrons. The molecule has 0 bridgehead atoms. The number of rotatable bonds is 6. The summed E-state index contributed by atoms with van der Waals surface area (Å²) in [7, 11) is 0. The van der Waals surface area contributed by atoms with Gasteiger partial charge >= 0.3 is 0 Å². The zero-order chi connectivity index (χ0) is 19.2. The molecule has 5 nitrogen and oxygen atoms in total. The number of amides is 2. The van der Waals surface area contributed by atoms with E-state index in [1.807, 2.05) is 61.7 Å². The maximum Gasteiger partial charge on any atom is 0.255 e. The summed E-state index contributed by atoms with van der Waals surface area (Å²) < 4.78 is 0. The molecule has 0 saturated carbocycles. The normalized spacial score (nSPS) is 10.4. The number of carbonyl (C=O) groups is 2. The largest absolute Gasteiger partial charge is 0.322 e. The van der Waals surface area contributed by atoms with Gasteiger partial charge in [0.2, 0.25) is 5.91 Å². The summed E-state index contributed by atoms with van der Waals surface area (Å²) in [5.41, 5.74) is 3.16. The molecule has 2 amide bonds. The van der Waals surface area contributed by atoms with Gasteiger partial charge in [-0.05, 0) is 43.7 Å². The highest BCUT2D eigenvalue weighted by Gasteiger charge is 2.10. The smallest absolute Gasteiger partial charge is 0.255 e. The second-order valence-corrected chi connectivity index (χ2v) is 7.83. The maximum absolute atomic E-state index is 12.4. The van der Waals surface area contributed by atoms with Crippen molar-refractivity contribution in [1.82, 2.24) is 4.98 Å². The van der Waals surface area contributed by atoms with Gasteiger partial charge in [0, 0.05) is 21.5 Å². The first-order valence-electron chi connectivity index (χ1n) is 8.33. The molecule has 2 aromatic carbocycles. The van der Waals surface area contributed by atoms with E-state index in [1.165, 1.54) is 23.1 Å². The van der Waals surface area contributed by atoms with Crippen molar-refractivity contribution in [3.05, 3.63) is 70.7 Å². The van der Waals surface area contributed by atoms with Crippen LogP contribution in [0.5, 0.6) is 0 Å². The zero-order valence-corrected chi connectivity index (χ0v) is 16.6. The number of aryl methyl sites for hydroxylation is 2. The van der Waals surface area contributed by atoms with Gasteiger partial charge in [0.05, 0.1) is 11.4 Å². The zero-order valence-electron chi connectivity index (χ0n) is 15.0. The number of aromatic nitrogens is 1. The Hall–Kier alpha value is -2.64. The number of anilines is 2. The summed E-state index contributed by atoms with van der Waals surface area (Å²) in [5, 5.41) is 8.19. The van der Waals surface area contributed by atoms with Gasteiger partial charge in [-0.15, -0.1) is 23.1 Å². The molecule has 0 atom stereocenters. The second-order valence-electron chi connectivity index (χ2n) is 5.93. The lowest BCUT2D eigenvalue weighted by Gasteiger charge is -2.09. The molecular formula is C20H19N3O2S2. The molecule has 0 spiro atoms. The van der Waals surface area contributed by atoms with Crippen LogP contribution in [-0.4, -0.2) is 22.6 Å². The third kappa shape index (κ3) is 5.42. The van der Waals surface area contributed by atoms with Crippen LogP contribution in [0, 0.1) is 13.8 Å². The lowest BCUT2D eigenvalue weighted by molar-refractivity contribution is -0.113. The molecule has 0 aliphatic rings. The van der Waals surface area contributed by atoms with Crippen LogP contribution in [0.3, 0.4) is 0 Å². The van der Waals surface area contributed by atoms with Crippen molar-refractivity contribution in [3.8, 4) is 0 Å². The van der Waals surface area contributed by atoms with Crippen molar-refractivity contribution in [3.63, 3.8) is 0 Å². The molecule has 2 N–H and O–H groups in total. The Morgan fingerprint density at radius 1 is 1.07 bits per heavy atom. The molecule has 0 unspecified atom stereocenters. The van der Waals surface area contributed by atoms with Crippen molar-refractivity contribution in [2.75, 3.05) is 16.4 Å². The van der Waals surface area contributed by atoms with Crippen LogP contribution in [-0.2, 0) is 4.79 Å². The number of benzene rings is 2. The first-order valence-corrected chi connectivity index (χ1v) is 10.2. The molecule has 1 heterocycles. The van der Waals surface area contributed by atoms with Gasteiger partial charge in [-0.2, -0.15) is 0 Å². The highest BCUT2D eigenvalue weighted by atomic mass is 32.2. The Balaban J connectivity index is 1.58. The Labute approximate surface area is 166 Å². The molecule has 0 aliphatic carbocycles. The predicted octanol–water partition coefficient (Wildman–Crippen LogP) is 4.74. The number of thioether (sulfide) groups is 1. The van der Waals surface area contributed by atoms with E-state index in [0.29, 0.717) is 16.4 Å². The summed E-state index contributed by atoms with van der Waals surface area (Å²) in [6, 6.07) is 14.9. The molecule has 3 rings (SSSR count). The van der Waals surface area contributed by atoms with E-state index in [0.717, 1.165) is 16.2 Å². The minimum Gasteiger partial charge on any atom is -0.322 e. The topological polar surface area (TPSA) is 71.1 Å². The average Bonchev–Trinajstić information content (AvgIpc) is 3.05. The van der Waals surface area contributed by atoms with Crippen molar-refractivity contribution in [2.24, 2.45) is 0 Å². The number of carbonyl (C=O) groups excluding carboxylic acids is 2. The van der Waals surface area contributed by atoms with E-state index in [2.05, 4.69) is 15.6 Å². The number of nitrogens with zero attached hydrogens (tertiary/aromatic N) is 1. The molecule has 7 heteroatoms. The van der Waals surface area contributed by atoms with Crippen molar-refractivity contribution >= 4 is 45.7 Å². The fourth-order valence-electron chi connectivity index (χ4n) is 2.41. The first-order chi connectivity index (χ1) is 13.0. The highest BCUT2D eigenvalue weighted by molar-refractivity contribution is 8.00. The Kier molecular flexibility index (Phi) is 6.26. The number of hydrogen-bond donors (Lipinski definition) is 2. The fraction of sp³-hybridized carbons (Fsp3) is 0.150. The molecule has 0 aliphatic heterocycles. The van der Waals surface area contributed by atoms with Crippen LogP contribution in [0.25, 0.3) is 0 Å². The summed E-state index contributed by atoms with van der Waals surface area (Å²) in [5.74, 6) is 0.0178. The van der Waals surface area contributed by atoms with Gasteiger partial charge in [-0.25, -0.2) is 4.98 Å². The lowest BCUT2D eigenvalue weighted by atomic mass is 10.1. The van der Waals surface area contributed by atoms with E-state index in [9.17, 15) is 9.59 Å². The molecule has 0 saturated heterocycles. The van der Waals surface area contributed by atoms with Crippen LogP contribution in [0.4, 0.5) is 10.8 Å². The molecule has 0 radical (unpaired) electrons. The van der Waals surface area contributed by atoms with E-state index in [-0.39, 0.29) is 17.6 Å². The third-order valence-corrected chi connectivity index (χ3v) is 5.59. The summed E-state index contributed by atoms with van der Waals surface area (Å²) in [6.45, 7) is 3.79. The SMILES string of the molecule is Cc1csc(NC(=O)CSc2cccc(NC(=O)c3ccccc3C)c2)n1. The van der Waals surface area contributed by atoms with Gasteiger partial charge in [-0.3, -0.25) is 9.59 Å². The number of hydrogen-bond acceptors (Lipinski definition) is 5. The van der Waals surface area contributed by atoms with E-state index in [1.54, 1.807) is 6.07 Å². The monoisotopic (exact) mass is 397 g/mol. The predicted molar refractivity (Wildman–Crippen MR) is 112 cm³/mol. The van der Waals surface area contributed by atoms with Crippen LogP contribution < -0.4 is 10.6 Å². The highest BCUT2D eigenvalue weighted by Crippen LogP contribution is 2.23. The van der Waals surface area contributed by atoms with Crippen LogP contribution >= 0.6 is 23.1 Å². The van der Waals surface area contributed by atoms with Gasteiger partial charge < -0.3 is 10.6 Å². The number of thiazole rings is 1. The summed E-state index contributed by atoms with van der Waals surface area (Å²) in [6.07, 6.45) is 0. The quantitative estimate of drug-likeness (QED) is 0.589. The van der Waals surface area contributed by atoms with Crippen molar-refractivity contribution in [1.29, 1.82) is 0 Å². The third-order valence-electron chi connectivity index (χ3n) is 3.72. The van der Waals surface area contributed by atoms with E-state index < -0.39 is 0 Å².